The van der Waals surface area contributed by atoms with Crippen LogP contribution in [0.25, 0.3) is 11.0 Å². The summed E-state index contributed by atoms with van der Waals surface area (Å²) in [6, 6.07) is 17.3. The van der Waals surface area contributed by atoms with E-state index in [2.05, 4.69) is 4.90 Å². The van der Waals surface area contributed by atoms with Gasteiger partial charge in [-0.25, -0.2) is 8.78 Å². The highest BCUT2D eigenvalue weighted by Crippen LogP contribution is 2.43. The first kappa shape index (κ1) is 24.2. The number of fused-ring (bicyclic) bond motifs is 1. The SMILES string of the molecule is CCN(CC)c1ccc(C2C(C(=O)c3cc4ccccc4o3)=C(O)C(=O)N2c2ccc(F)cc2F)cc1. The Morgan fingerprint density at radius 2 is 1.70 bits per heavy atom. The molecule has 3 aromatic carbocycles. The van der Waals surface area contributed by atoms with Crippen molar-refractivity contribution in [1.82, 2.24) is 0 Å². The van der Waals surface area contributed by atoms with Crippen molar-refractivity contribution in [3.63, 3.8) is 0 Å². The van der Waals surface area contributed by atoms with Crippen LogP contribution in [0.15, 0.2) is 88.5 Å². The molecule has 188 valence electrons. The maximum absolute atomic E-state index is 14.9. The molecule has 0 saturated carbocycles. The molecule has 0 fully saturated rings. The van der Waals surface area contributed by atoms with Gasteiger partial charge in [0.2, 0.25) is 5.78 Å². The van der Waals surface area contributed by atoms with Gasteiger partial charge < -0.3 is 14.4 Å². The van der Waals surface area contributed by atoms with Gasteiger partial charge in [-0.15, -0.1) is 0 Å². The zero-order valence-corrected chi connectivity index (χ0v) is 20.2. The molecule has 0 saturated heterocycles. The minimum absolute atomic E-state index is 0.0678. The van der Waals surface area contributed by atoms with Gasteiger partial charge in [0, 0.05) is 30.2 Å². The van der Waals surface area contributed by atoms with Crippen molar-refractivity contribution in [1.29, 1.82) is 0 Å². The maximum atomic E-state index is 14.9. The summed E-state index contributed by atoms with van der Waals surface area (Å²) in [6.07, 6.45) is 0. The Bertz CT molecular complexity index is 1500. The van der Waals surface area contributed by atoms with Crippen molar-refractivity contribution in [2.24, 2.45) is 0 Å². The Labute approximate surface area is 212 Å². The molecule has 0 aliphatic carbocycles. The Hall–Kier alpha value is -4.46. The zero-order chi connectivity index (χ0) is 26.3. The summed E-state index contributed by atoms with van der Waals surface area (Å²) in [5.41, 5.74) is 1.36. The number of halogens is 2. The minimum Gasteiger partial charge on any atom is -0.503 e. The van der Waals surface area contributed by atoms with E-state index in [0.717, 1.165) is 35.8 Å². The number of carbonyl (C=O) groups is 2. The zero-order valence-electron chi connectivity index (χ0n) is 20.2. The van der Waals surface area contributed by atoms with Crippen LogP contribution in [-0.4, -0.2) is 29.9 Å². The van der Waals surface area contributed by atoms with Gasteiger partial charge >= 0.3 is 0 Å². The van der Waals surface area contributed by atoms with Gasteiger partial charge in [-0.1, -0.05) is 30.3 Å². The van der Waals surface area contributed by atoms with Crippen LogP contribution in [0.1, 0.15) is 36.0 Å². The first-order chi connectivity index (χ1) is 17.8. The van der Waals surface area contributed by atoms with Crippen molar-refractivity contribution in [3.05, 3.63) is 107 Å². The number of amides is 1. The van der Waals surface area contributed by atoms with Crippen LogP contribution in [0.3, 0.4) is 0 Å². The average molecular weight is 503 g/mol. The van der Waals surface area contributed by atoms with Crippen LogP contribution in [-0.2, 0) is 4.79 Å². The molecule has 1 aromatic heterocycles. The second kappa shape index (κ2) is 9.54. The predicted molar refractivity (Wildman–Crippen MR) is 137 cm³/mol. The van der Waals surface area contributed by atoms with Gasteiger partial charge in [0.05, 0.1) is 17.3 Å². The quantitative estimate of drug-likeness (QED) is 0.299. The molecule has 8 heteroatoms. The summed E-state index contributed by atoms with van der Waals surface area (Å²) in [4.78, 5) is 30.1. The van der Waals surface area contributed by atoms with Gasteiger partial charge in [-0.3, -0.25) is 14.5 Å². The lowest BCUT2D eigenvalue weighted by atomic mass is 9.94. The standard InChI is InChI=1S/C29H24F2N2O4/c1-3-32(4-2)20-12-9-17(10-13-20)26-25(27(34)24-15-18-7-5-6-8-23(18)37-24)28(35)29(36)33(26)22-14-11-19(30)16-21(22)31/h5-16,26,35H,3-4H2,1-2H3. The number of carbonyl (C=O) groups excluding carboxylic acids is 2. The summed E-state index contributed by atoms with van der Waals surface area (Å²) in [7, 11) is 0. The number of hydrogen-bond donors (Lipinski definition) is 1. The van der Waals surface area contributed by atoms with E-state index in [1.54, 1.807) is 36.4 Å². The summed E-state index contributed by atoms with van der Waals surface area (Å²) < 4.78 is 34.3. The van der Waals surface area contributed by atoms with Crippen LogP contribution in [0, 0.1) is 11.6 Å². The number of aliphatic hydroxyl groups excluding tert-OH is 1. The predicted octanol–water partition coefficient (Wildman–Crippen LogP) is 6.34. The number of nitrogens with zero attached hydrogens (tertiary/aromatic N) is 2. The van der Waals surface area contributed by atoms with Gasteiger partial charge in [0.15, 0.2) is 11.5 Å². The lowest BCUT2D eigenvalue weighted by molar-refractivity contribution is -0.117. The molecular weight excluding hydrogens is 478 g/mol. The van der Waals surface area contributed by atoms with Crippen molar-refractivity contribution in [2.75, 3.05) is 22.9 Å². The van der Waals surface area contributed by atoms with Crippen LogP contribution in [0.5, 0.6) is 0 Å². The molecule has 1 atom stereocenters. The normalized spacial score (nSPS) is 15.6. The van der Waals surface area contributed by atoms with E-state index >= 15 is 0 Å². The lowest BCUT2D eigenvalue weighted by Gasteiger charge is -2.28. The van der Waals surface area contributed by atoms with E-state index in [0.29, 0.717) is 22.6 Å². The summed E-state index contributed by atoms with van der Waals surface area (Å²) >= 11 is 0. The highest BCUT2D eigenvalue weighted by Gasteiger charge is 2.46. The van der Waals surface area contributed by atoms with E-state index in [-0.39, 0.29) is 17.0 Å². The monoisotopic (exact) mass is 502 g/mol. The number of furan rings is 1. The second-order valence-corrected chi connectivity index (χ2v) is 8.68. The van der Waals surface area contributed by atoms with E-state index in [9.17, 15) is 23.5 Å². The molecule has 1 amide bonds. The van der Waals surface area contributed by atoms with Gasteiger partial charge in [0.1, 0.15) is 17.2 Å². The van der Waals surface area contributed by atoms with Gasteiger partial charge in [-0.05, 0) is 55.8 Å². The van der Waals surface area contributed by atoms with Crippen LogP contribution < -0.4 is 9.80 Å². The fourth-order valence-electron chi connectivity index (χ4n) is 4.76. The molecular formula is C29H24F2N2O4. The molecule has 1 aliphatic heterocycles. The number of anilines is 2. The number of para-hydroxylation sites is 1. The number of Topliss-reactive ketones (excluding diaryl/α,β-unsaturated/α-hetero) is 1. The number of hydrogen-bond acceptors (Lipinski definition) is 5. The van der Waals surface area contributed by atoms with E-state index in [1.807, 2.05) is 26.0 Å². The molecule has 37 heavy (non-hydrogen) atoms. The van der Waals surface area contributed by atoms with Gasteiger partial charge in [-0.2, -0.15) is 0 Å². The molecule has 2 heterocycles. The van der Waals surface area contributed by atoms with Crippen molar-refractivity contribution in [2.45, 2.75) is 19.9 Å². The number of benzene rings is 3. The van der Waals surface area contributed by atoms with Crippen LogP contribution in [0.4, 0.5) is 20.2 Å². The van der Waals surface area contributed by atoms with Gasteiger partial charge in [0.25, 0.3) is 5.91 Å². The molecule has 0 bridgehead atoms. The average Bonchev–Trinajstić information content (AvgIpc) is 3.44. The molecule has 0 radical (unpaired) electrons. The Balaban J connectivity index is 1.65. The number of aliphatic hydroxyl groups is 1. The Morgan fingerprint density at radius 3 is 2.35 bits per heavy atom. The lowest BCUT2D eigenvalue weighted by Crippen LogP contribution is -2.32. The smallest absolute Gasteiger partial charge is 0.294 e. The third-order valence-electron chi connectivity index (χ3n) is 6.61. The second-order valence-electron chi connectivity index (χ2n) is 8.68. The summed E-state index contributed by atoms with van der Waals surface area (Å²) in [5.74, 6) is -4.37. The number of ketones is 1. The van der Waals surface area contributed by atoms with Crippen molar-refractivity contribution in [3.8, 4) is 0 Å². The third kappa shape index (κ3) is 4.14. The first-order valence-corrected chi connectivity index (χ1v) is 11.9. The molecule has 1 unspecified atom stereocenters. The molecule has 6 nitrogen and oxygen atoms in total. The van der Waals surface area contributed by atoms with Crippen LogP contribution in [0.2, 0.25) is 0 Å². The van der Waals surface area contributed by atoms with E-state index < -0.39 is 35.1 Å². The van der Waals surface area contributed by atoms with Crippen molar-refractivity contribution < 1.29 is 27.9 Å². The molecule has 0 spiro atoms. The van der Waals surface area contributed by atoms with Crippen LogP contribution >= 0.6 is 0 Å². The largest absolute Gasteiger partial charge is 0.503 e. The molecule has 4 aromatic rings. The fourth-order valence-corrected chi connectivity index (χ4v) is 4.76. The third-order valence-corrected chi connectivity index (χ3v) is 6.61. The Kier molecular flexibility index (Phi) is 6.25. The van der Waals surface area contributed by atoms with E-state index in [4.69, 9.17) is 4.42 Å². The summed E-state index contributed by atoms with van der Waals surface area (Å²) in [6.45, 7) is 5.61. The maximum Gasteiger partial charge on any atom is 0.294 e. The molecule has 1 N–H and O–H groups in total. The van der Waals surface area contributed by atoms with E-state index in [1.165, 1.54) is 6.07 Å². The summed E-state index contributed by atoms with van der Waals surface area (Å²) in [5, 5.41) is 11.6. The molecule has 1 aliphatic rings. The Morgan fingerprint density at radius 1 is 1.00 bits per heavy atom. The first-order valence-electron chi connectivity index (χ1n) is 11.9. The minimum atomic E-state index is -1.17. The highest BCUT2D eigenvalue weighted by molar-refractivity contribution is 6.20. The number of rotatable bonds is 7. The highest BCUT2D eigenvalue weighted by atomic mass is 19.1. The molecule has 5 rings (SSSR count). The topological polar surface area (TPSA) is 74.0 Å². The van der Waals surface area contributed by atoms with Crippen molar-refractivity contribution >= 4 is 34.0 Å². The fraction of sp³-hybridized carbons (Fsp3) is 0.172.